The predicted molar refractivity (Wildman–Crippen MR) is 117 cm³/mol. The highest BCUT2D eigenvalue weighted by molar-refractivity contribution is 5.84. The lowest BCUT2D eigenvalue weighted by molar-refractivity contribution is -0.323. The SMILES string of the molecule is COCC1O[C@H]2CC(C)=NC2[C@@H](O)[C@@H]1O[C@@H]1OC(CO)[C@@H](OC(C)(C)C)[C@H](O)C1NC(C)=O. The molecule has 0 aromatic heterocycles. The normalized spacial score (nSPS) is 41.4. The van der Waals surface area contributed by atoms with E-state index in [4.69, 9.17) is 23.7 Å². The number of amides is 1. The van der Waals surface area contributed by atoms with Gasteiger partial charge in [-0.15, -0.1) is 0 Å². The number of rotatable bonds is 7. The Hall–Kier alpha value is -1.18. The molecule has 0 aromatic rings. The Balaban J connectivity index is 1.86. The van der Waals surface area contributed by atoms with Gasteiger partial charge in [0.15, 0.2) is 6.29 Å². The van der Waals surface area contributed by atoms with Crippen molar-refractivity contribution in [3.8, 4) is 0 Å². The summed E-state index contributed by atoms with van der Waals surface area (Å²) < 4.78 is 29.5. The highest BCUT2D eigenvalue weighted by Gasteiger charge is 2.53. The van der Waals surface area contributed by atoms with Crippen LogP contribution in [0.1, 0.15) is 41.0 Å². The van der Waals surface area contributed by atoms with E-state index in [1.807, 2.05) is 27.7 Å². The van der Waals surface area contributed by atoms with E-state index in [9.17, 15) is 20.1 Å². The fourth-order valence-corrected chi connectivity index (χ4v) is 4.69. The topological polar surface area (TPSA) is 148 Å². The Labute approximate surface area is 194 Å². The second-order valence-corrected chi connectivity index (χ2v) is 9.96. The number of nitrogens with zero attached hydrogens (tertiary/aromatic N) is 1. The number of ether oxygens (including phenoxy) is 5. The summed E-state index contributed by atoms with van der Waals surface area (Å²) in [7, 11) is 1.52. The van der Waals surface area contributed by atoms with Gasteiger partial charge in [0.05, 0.1) is 24.9 Å². The van der Waals surface area contributed by atoms with Gasteiger partial charge in [-0.1, -0.05) is 0 Å². The minimum absolute atomic E-state index is 0.156. The van der Waals surface area contributed by atoms with Crippen LogP contribution < -0.4 is 5.32 Å². The molecule has 11 nitrogen and oxygen atoms in total. The summed E-state index contributed by atoms with van der Waals surface area (Å²) in [6.45, 7) is 8.35. The number of carbonyl (C=O) groups is 1. The van der Waals surface area contributed by atoms with E-state index in [0.717, 1.165) is 5.71 Å². The van der Waals surface area contributed by atoms with Crippen molar-refractivity contribution in [3.05, 3.63) is 0 Å². The molecule has 3 rings (SSSR count). The number of nitrogens with one attached hydrogen (secondary N) is 1. The van der Waals surface area contributed by atoms with Gasteiger partial charge in [0.25, 0.3) is 0 Å². The molecule has 11 heteroatoms. The predicted octanol–water partition coefficient (Wildman–Crippen LogP) is -0.854. The van der Waals surface area contributed by atoms with Crippen molar-refractivity contribution >= 4 is 11.6 Å². The second kappa shape index (κ2) is 10.6. The lowest BCUT2D eigenvalue weighted by Gasteiger charge is -2.48. The van der Waals surface area contributed by atoms with Gasteiger partial charge in [-0.2, -0.15) is 0 Å². The molecular formula is C22H38N2O9. The molecule has 4 N–H and O–H groups in total. The molecule has 3 heterocycles. The van der Waals surface area contributed by atoms with E-state index < -0.39 is 73.1 Å². The summed E-state index contributed by atoms with van der Waals surface area (Å²) in [5, 5.41) is 34.8. The molecule has 10 atom stereocenters. The van der Waals surface area contributed by atoms with Crippen LogP contribution in [0.25, 0.3) is 0 Å². The van der Waals surface area contributed by atoms with Gasteiger partial charge >= 0.3 is 0 Å². The van der Waals surface area contributed by atoms with Crippen LogP contribution in [0.15, 0.2) is 4.99 Å². The molecule has 0 aromatic carbocycles. The van der Waals surface area contributed by atoms with Crippen molar-refractivity contribution in [2.75, 3.05) is 20.3 Å². The van der Waals surface area contributed by atoms with E-state index in [1.165, 1.54) is 14.0 Å². The first-order chi connectivity index (χ1) is 15.4. The Morgan fingerprint density at radius 3 is 2.45 bits per heavy atom. The van der Waals surface area contributed by atoms with Crippen LogP contribution in [0.4, 0.5) is 0 Å². The number of methoxy groups -OCH3 is 1. The van der Waals surface area contributed by atoms with Crippen LogP contribution in [-0.2, 0) is 28.5 Å². The Morgan fingerprint density at radius 1 is 1.18 bits per heavy atom. The number of aliphatic hydroxyl groups excluding tert-OH is 3. The summed E-state index contributed by atoms with van der Waals surface area (Å²) >= 11 is 0. The Morgan fingerprint density at radius 2 is 1.88 bits per heavy atom. The van der Waals surface area contributed by atoms with Crippen molar-refractivity contribution in [2.45, 2.75) is 108 Å². The number of fused-ring (bicyclic) bond motifs is 1. The number of aliphatic hydroxyl groups is 3. The van der Waals surface area contributed by atoms with Crippen LogP contribution in [0.5, 0.6) is 0 Å². The molecule has 3 aliphatic rings. The van der Waals surface area contributed by atoms with E-state index in [2.05, 4.69) is 10.3 Å². The Kier molecular flexibility index (Phi) is 8.50. The fourth-order valence-electron chi connectivity index (χ4n) is 4.69. The Bertz CT molecular complexity index is 712. The van der Waals surface area contributed by atoms with E-state index in [0.29, 0.717) is 6.42 Å². The molecule has 190 valence electrons. The van der Waals surface area contributed by atoms with Crippen molar-refractivity contribution in [1.82, 2.24) is 5.32 Å². The number of carbonyl (C=O) groups excluding carboxylic acids is 1. The summed E-state index contributed by atoms with van der Waals surface area (Å²) in [5.41, 5.74) is 0.241. The standard InChI is InChI=1S/C22H38N2O9/c1-10-7-12-15(23-10)17(27)19(14(30-12)9-29-6)32-21-16(24-11(2)26)18(28)20(13(8-25)31-21)33-22(3,4)5/h12-21,25,27-28H,7-9H2,1-6H3,(H,24,26)/t12-,13?,14?,15?,16?,17+,18+,19+,20+,21-/m0/s1. The second-order valence-electron chi connectivity index (χ2n) is 9.96. The summed E-state index contributed by atoms with van der Waals surface area (Å²) in [4.78, 5) is 16.4. The van der Waals surface area contributed by atoms with Crippen molar-refractivity contribution in [3.63, 3.8) is 0 Å². The zero-order chi connectivity index (χ0) is 24.5. The molecular weight excluding hydrogens is 436 g/mol. The summed E-state index contributed by atoms with van der Waals surface area (Å²) in [6.07, 6.45) is -6.49. The highest BCUT2D eigenvalue weighted by atomic mass is 16.7. The van der Waals surface area contributed by atoms with Gasteiger partial charge in [-0.25, -0.2) is 0 Å². The lowest BCUT2D eigenvalue weighted by atomic mass is 9.92. The number of hydrogen-bond donors (Lipinski definition) is 4. The molecule has 0 aliphatic carbocycles. The first-order valence-electron chi connectivity index (χ1n) is 11.4. The average molecular weight is 475 g/mol. The van der Waals surface area contributed by atoms with Crippen LogP contribution in [-0.4, -0.2) is 114 Å². The molecule has 33 heavy (non-hydrogen) atoms. The van der Waals surface area contributed by atoms with E-state index in [1.54, 1.807) is 0 Å². The van der Waals surface area contributed by atoms with Crippen LogP contribution in [0, 0.1) is 0 Å². The third kappa shape index (κ3) is 6.09. The van der Waals surface area contributed by atoms with Gasteiger partial charge in [-0.05, 0) is 27.7 Å². The summed E-state index contributed by atoms with van der Waals surface area (Å²) in [6, 6.07) is -1.51. The van der Waals surface area contributed by atoms with Gasteiger partial charge in [0.2, 0.25) is 5.91 Å². The molecule has 2 fully saturated rings. The van der Waals surface area contributed by atoms with Gasteiger partial charge < -0.3 is 44.3 Å². The summed E-state index contributed by atoms with van der Waals surface area (Å²) in [5.74, 6) is -0.404. The molecule has 1 amide bonds. The van der Waals surface area contributed by atoms with Crippen molar-refractivity contribution < 1.29 is 43.8 Å². The highest BCUT2D eigenvalue weighted by Crippen LogP contribution is 2.35. The molecule has 2 saturated heterocycles. The van der Waals surface area contributed by atoms with Gasteiger partial charge in [0.1, 0.15) is 48.7 Å². The largest absolute Gasteiger partial charge is 0.394 e. The smallest absolute Gasteiger partial charge is 0.217 e. The molecule has 4 unspecified atom stereocenters. The van der Waals surface area contributed by atoms with Gasteiger partial charge in [-0.3, -0.25) is 9.79 Å². The number of aliphatic imine (C=N–C) groups is 1. The molecule has 0 saturated carbocycles. The zero-order valence-electron chi connectivity index (χ0n) is 20.1. The zero-order valence-corrected chi connectivity index (χ0v) is 20.1. The quantitative estimate of drug-likeness (QED) is 0.370. The maximum Gasteiger partial charge on any atom is 0.217 e. The first kappa shape index (κ1) is 26.4. The minimum Gasteiger partial charge on any atom is -0.394 e. The maximum atomic E-state index is 11.9. The third-order valence-electron chi connectivity index (χ3n) is 5.98. The van der Waals surface area contributed by atoms with E-state index >= 15 is 0 Å². The molecule has 0 radical (unpaired) electrons. The maximum absolute atomic E-state index is 11.9. The van der Waals surface area contributed by atoms with Crippen molar-refractivity contribution in [2.24, 2.45) is 4.99 Å². The van der Waals surface area contributed by atoms with Crippen LogP contribution >= 0.6 is 0 Å². The monoisotopic (exact) mass is 474 g/mol. The van der Waals surface area contributed by atoms with E-state index in [-0.39, 0.29) is 12.7 Å². The molecule has 3 aliphatic heterocycles. The first-order valence-corrected chi connectivity index (χ1v) is 11.4. The average Bonchev–Trinajstić information content (AvgIpc) is 3.08. The molecule has 0 spiro atoms. The number of hydrogen-bond acceptors (Lipinski definition) is 10. The van der Waals surface area contributed by atoms with Crippen molar-refractivity contribution in [1.29, 1.82) is 0 Å². The fraction of sp³-hybridized carbons (Fsp3) is 0.909. The van der Waals surface area contributed by atoms with Crippen LogP contribution in [0.3, 0.4) is 0 Å². The van der Waals surface area contributed by atoms with Crippen LogP contribution in [0.2, 0.25) is 0 Å². The molecule has 0 bridgehead atoms. The van der Waals surface area contributed by atoms with Gasteiger partial charge in [0, 0.05) is 26.2 Å². The third-order valence-corrected chi connectivity index (χ3v) is 5.98. The minimum atomic E-state index is -1.24. The lowest BCUT2D eigenvalue weighted by Crippen LogP contribution is -2.68.